The van der Waals surface area contributed by atoms with Crippen molar-refractivity contribution in [3.8, 4) is 0 Å². The van der Waals surface area contributed by atoms with Crippen molar-refractivity contribution in [1.29, 1.82) is 0 Å². The fourth-order valence-electron chi connectivity index (χ4n) is 6.68. The van der Waals surface area contributed by atoms with Gasteiger partial charge in [0.1, 0.15) is 0 Å². The Balaban J connectivity index is 1.08. The number of likely N-dealkylation sites (tertiary alicyclic amines) is 1. The number of aromatic nitrogens is 2. The number of sulfonamides is 1. The molecule has 0 aliphatic carbocycles. The Bertz CT molecular complexity index is 1990. The van der Waals surface area contributed by atoms with Crippen LogP contribution in [0.2, 0.25) is 0 Å². The van der Waals surface area contributed by atoms with Crippen molar-refractivity contribution in [2.75, 3.05) is 24.4 Å². The fraction of sp³-hybridized carbons (Fsp3) is 0.306. The second-order valence-electron chi connectivity index (χ2n) is 12.2. The zero-order chi connectivity index (χ0) is 32.4. The molecule has 2 fully saturated rings. The third-order valence-corrected chi connectivity index (χ3v) is 10.5. The zero-order valence-electron chi connectivity index (χ0n) is 25.9. The Morgan fingerprint density at radius 2 is 1.60 bits per heavy atom. The van der Waals surface area contributed by atoms with Gasteiger partial charge in [0.25, 0.3) is 10.0 Å². The number of anilines is 1. The molecule has 2 aliphatic rings. The monoisotopic (exact) mass is 654 g/mol. The van der Waals surface area contributed by atoms with E-state index in [9.17, 15) is 18.3 Å². The highest BCUT2D eigenvalue weighted by Crippen LogP contribution is 2.39. The molecule has 2 aliphatic heterocycles. The predicted octanol–water partition coefficient (Wildman–Crippen LogP) is 5.51. The number of para-hydroxylation sites is 2. The van der Waals surface area contributed by atoms with Gasteiger partial charge in [0, 0.05) is 43.3 Å². The zero-order valence-corrected chi connectivity index (χ0v) is 26.7. The summed E-state index contributed by atoms with van der Waals surface area (Å²) in [5.74, 6) is 0. The lowest BCUT2D eigenvalue weighted by atomic mass is 9.98. The van der Waals surface area contributed by atoms with Crippen LogP contribution in [0.25, 0.3) is 11.0 Å². The van der Waals surface area contributed by atoms with Gasteiger partial charge in [-0.3, -0.25) is 9.29 Å². The molecular formula is C36H38N4O6S. The van der Waals surface area contributed by atoms with Gasteiger partial charge in [0.05, 0.1) is 34.7 Å². The number of rotatable bonds is 9. The van der Waals surface area contributed by atoms with Gasteiger partial charge in [-0.05, 0) is 60.4 Å². The van der Waals surface area contributed by atoms with Crippen LogP contribution in [-0.2, 0) is 26.1 Å². The maximum Gasteiger partial charge on any atom is 0.326 e. The molecule has 3 unspecified atom stereocenters. The van der Waals surface area contributed by atoms with E-state index in [2.05, 4.69) is 14.6 Å². The van der Waals surface area contributed by atoms with E-state index in [0.717, 1.165) is 48.1 Å². The van der Waals surface area contributed by atoms with Crippen LogP contribution >= 0.6 is 0 Å². The lowest BCUT2D eigenvalue weighted by Crippen LogP contribution is -2.43. The standard InChI is InChI=1S/C36H38N4O6S/c41-24-25-13-15-26(16-14-25)34-22-30(23-39-19-17-29(18-20-39)40-33-12-5-4-11-32(33)37-36(40)42)45-35(46-34)27-7-6-8-28(21-27)38-47(43,44)31-9-2-1-3-10-31/h1-16,21,29-30,34-35,38,41H,17-20,22-24H2,(H,37,42). The van der Waals surface area contributed by atoms with Crippen LogP contribution in [-0.4, -0.2) is 53.7 Å². The van der Waals surface area contributed by atoms with Crippen molar-refractivity contribution in [2.45, 2.75) is 55.3 Å². The molecule has 47 heavy (non-hydrogen) atoms. The summed E-state index contributed by atoms with van der Waals surface area (Å²) < 4.78 is 43.7. The number of ether oxygens (including phenoxy) is 2. The van der Waals surface area contributed by atoms with Crippen LogP contribution in [0.3, 0.4) is 0 Å². The second kappa shape index (κ2) is 13.5. The molecule has 0 radical (unpaired) electrons. The van der Waals surface area contributed by atoms with Crippen LogP contribution < -0.4 is 10.4 Å². The molecule has 11 heteroatoms. The van der Waals surface area contributed by atoms with E-state index in [-0.39, 0.29) is 35.4 Å². The third kappa shape index (κ3) is 6.90. The van der Waals surface area contributed by atoms with Crippen molar-refractivity contribution >= 4 is 26.7 Å². The number of hydrogen-bond acceptors (Lipinski definition) is 7. The summed E-state index contributed by atoms with van der Waals surface area (Å²) in [5.41, 5.74) is 4.66. The van der Waals surface area contributed by atoms with Crippen LogP contribution in [0.1, 0.15) is 54.4 Å². The summed E-state index contributed by atoms with van der Waals surface area (Å²) in [6.07, 6.45) is 1.19. The number of H-pyrrole nitrogens is 1. The Labute approximate surface area is 273 Å². The smallest absolute Gasteiger partial charge is 0.326 e. The summed E-state index contributed by atoms with van der Waals surface area (Å²) in [4.78, 5) is 18.4. The van der Waals surface area contributed by atoms with Crippen LogP contribution in [0.5, 0.6) is 0 Å². The maximum atomic E-state index is 13.0. The van der Waals surface area contributed by atoms with Crippen LogP contribution in [0, 0.1) is 0 Å². The lowest BCUT2D eigenvalue weighted by molar-refractivity contribution is -0.253. The van der Waals surface area contributed by atoms with Crippen LogP contribution in [0.4, 0.5) is 5.69 Å². The van der Waals surface area contributed by atoms with E-state index >= 15 is 0 Å². The van der Waals surface area contributed by atoms with Gasteiger partial charge < -0.3 is 24.5 Å². The molecule has 0 amide bonds. The highest BCUT2D eigenvalue weighted by atomic mass is 32.2. The van der Waals surface area contributed by atoms with Gasteiger partial charge in [-0.25, -0.2) is 13.2 Å². The Morgan fingerprint density at radius 3 is 2.36 bits per heavy atom. The molecule has 4 aromatic carbocycles. The number of hydrogen-bond donors (Lipinski definition) is 3. The molecule has 3 N–H and O–H groups in total. The number of benzene rings is 4. The van der Waals surface area contributed by atoms with Crippen molar-refractivity contribution in [2.24, 2.45) is 0 Å². The minimum atomic E-state index is -3.77. The first-order valence-corrected chi connectivity index (χ1v) is 17.4. The largest absolute Gasteiger partial charge is 0.392 e. The first kappa shape index (κ1) is 31.3. The quantitative estimate of drug-likeness (QED) is 0.192. The number of nitrogens with one attached hydrogen (secondary N) is 2. The van der Waals surface area contributed by atoms with E-state index in [0.29, 0.717) is 24.2 Å². The molecule has 3 heterocycles. The number of fused-ring (bicyclic) bond motifs is 1. The van der Waals surface area contributed by atoms with E-state index in [1.54, 1.807) is 48.5 Å². The number of piperidine rings is 1. The number of nitrogens with zero attached hydrogens (tertiary/aromatic N) is 2. The molecule has 244 valence electrons. The van der Waals surface area contributed by atoms with E-state index in [1.807, 2.05) is 59.2 Å². The molecule has 7 rings (SSSR count). The minimum Gasteiger partial charge on any atom is -0.392 e. The molecular weight excluding hydrogens is 616 g/mol. The maximum absolute atomic E-state index is 13.0. The summed E-state index contributed by atoms with van der Waals surface area (Å²) >= 11 is 0. The third-order valence-electron chi connectivity index (χ3n) is 9.09. The van der Waals surface area contributed by atoms with Gasteiger partial charge in [-0.2, -0.15) is 0 Å². The molecule has 0 spiro atoms. The van der Waals surface area contributed by atoms with Crippen LogP contribution in [0.15, 0.2) is 113 Å². The fourth-order valence-corrected chi connectivity index (χ4v) is 7.75. The second-order valence-corrected chi connectivity index (χ2v) is 13.9. The van der Waals surface area contributed by atoms with Gasteiger partial charge in [0.2, 0.25) is 0 Å². The molecule has 0 bridgehead atoms. The van der Waals surface area contributed by atoms with Crippen molar-refractivity contribution in [3.05, 3.63) is 130 Å². The first-order valence-electron chi connectivity index (χ1n) is 16.0. The normalized spacial score (nSPS) is 21.2. The average Bonchev–Trinajstić information content (AvgIpc) is 3.44. The SMILES string of the molecule is O=c1[nH]c2ccccc2n1C1CCN(CC2CC(c3ccc(CO)cc3)OC(c3cccc(NS(=O)(=O)c4ccccc4)c3)O2)CC1. The van der Waals surface area contributed by atoms with Crippen molar-refractivity contribution in [3.63, 3.8) is 0 Å². The Hall–Kier alpha value is -4.26. The van der Waals surface area contributed by atoms with Gasteiger partial charge in [-0.1, -0.05) is 66.7 Å². The molecule has 1 aromatic heterocycles. The summed E-state index contributed by atoms with van der Waals surface area (Å²) in [6.45, 7) is 2.32. The van der Waals surface area contributed by atoms with Gasteiger partial charge in [0.15, 0.2) is 6.29 Å². The topological polar surface area (TPSA) is 126 Å². The molecule has 5 aromatic rings. The number of aliphatic hydroxyl groups excluding tert-OH is 1. The first-order chi connectivity index (χ1) is 22.9. The van der Waals surface area contributed by atoms with Crippen molar-refractivity contribution < 1.29 is 23.0 Å². The van der Waals surface area contributed by atoms with E-state index in [1.165, 1.54) is 0 Å². The van der Waals surface area contributed by atoms with E-state index in [4.69, 9.17) is 9.47 Å². The lowest BCUT2D eigenvalue weighted by Gasteiger charge is -2.40. The highest BCUT2D eigenvalue weighted by Gasteiger charge is 2.34. The van der Waals surface area contributed by atoms with E-state index < -0.39 is 16.3 Å². The molecule has 0 saturated carbocycles. The van der Waals surface area contributed by atoms with Gasteiger partial charge >= 0.3 is 5.69 Å². The minimum absolute atomic E-state index is 0.0352. The summed E-state index contributed by atoms with van der Waals surface area (Å²) in [7, 11) is -3.77. The molecule has 3 atom stereocenters. The highest BCUT2D eigenvalue weighted by molar-refractivity contribution is 7.92. The number of aromatic amines is 1. The summed E-state index contributed by atoms with van der Waals surface area (Å²) in [6, 6.07) is 31.1. The number of imidazole rings is 1. The van der Waals surface area contributed by atoms with Gasteiger partial charge in [-0.15, -0.1) is 0 Å². The average molecular weight is 655 g/mol. The number of aliphatic hydroxyl groups is 1. The summed E-state index contributed by atoms with van der Waals surface area (Å²) in [5, 5.41) is 9.55. The van der Waals surface area contributed by atoms with Crippen molar-refractivity contribution in [1.82, 2.24) is 14.5 Å². The molecule has 2 saturated heterocycles. The Morgan fingerprint density at radius 1 is 0.851 bits per heavy atom. The Kier molecular flexibility index (Phi) is 8.98. The molecule has 10 nitrogen and oxygen atoms in total. The predicted molar refractivity (Wildman–Crippen MR) is 179 cm³/mol.